The third-order valence-electron chi connectivity index (χ3n) is 3.28. The van der Waals surface area contributed by atoms with Gasteiger partial charge < -0.3 is 22.4 Å². The van der Waals surface area contributed by atoms with E-state index in [1.165, 1.54) is 6.07 Å². The predicted octanol–water partition coefficient (Wildman–Crippen LogP) is 0.00132. The molecule has 1 aliphatic heterocycles. The van der Waals surface area contributed by atoms with Crippen molar-refractivity contribution in [1.82, 2.24) is 0 Å². The summed E-state index contributed by atoms with van der Waals surface area (Å²) in [6.45, 7) is -2.18. The van der Waals surface area contributed by atoms with Crippen molar-refractivity contribution in [3.8, 4) is 5.75 Å². The van der Waals surface area contributed by atoms with Crippen LogP contribution in [-0.4, -0.2) is 26.3 Å². The Labute approximate surface area is 159 Å². The molecule has 0 saturated carbocycles. The van der Waals surface area contributed by atoms with Crippen LogP contribution in [0.3, 0.4) is 0 Å². The molecule has 20 heavy (non-hydrogen) atoms. The molecule has 1 aromatic carbocycles. The van der Waals surface area contributed by atoms with Gasteiger partial charge in [-0.2, -0.15) is 0 Å². The van der Waals surface area contributed by atoms with Gasteiger partial charge in [-0.25, -0.2) is 0 Å². The molecule has 1 aliphatic rings. The Morgan fingerprint density at radius 1 is 1.30 bits per heavy atom. The maximum absolute atomic E-state index is 12.6. The second-order valence-electron chi connectivity index (χ2n) is 4.90. The molecule has 1 unspecified atom stereocenters. The van der Waals surface area contributed by atoms with Crippen molar-refractivity contribution < 1.29 is 73.8 Å². The molecule has 0 amide bonds. The number of benzene rings is 1. The third-order valence-corrected chi connectivity index (χ3v) is 3.28. The monoisotopic (exact) mass is 312 g/mol. The van der Waals surface area contributed by atoms with Gasteiger partial charge in [0.15, 0.2) is 0 Å². The molecule has 0 radical (unpaired) electrons. The molecule has 1 atom stereocenters. The fourth-order valence-corrected chi connectivity index (χ4v) is 2.16. The molecule has 0 N–H and O–H groups in total. The van der Waals surface area contributed by atoms with Crippen molar-refractivity contribution in [3.05, 3.63) is 23.8 Å². The average molecular weight is 312 g/mol. The molecule has 1 heterocycles. The van der Waals surface area contributed by atoms with Crippen LogP contribution in [0.1, 0.15) is 24.8 Å². The van der Waals surface area contributed by atoms with Crippen LogP contribution in [0.2, 0.25) is 0 Å². The van der Waals surface area contributed by atoms with Crippen molar-refractivity contribution in [2.45, 2.75) is 32.3 Å². The van der Waals surface area contributed by atoms with E-state index in [1.54, 1.807) is 6.92 Å². The Balaban J connectivity index is 0.00000200. The largest absolute Gasteiger partial charge is 1.00 e. The van der Waals surface area contributed by atoms with E-state index in [0.717, 1.165) is 38.0 Å². The molecule has 1 fully saturated rings. The molecule has 106 valence electrons. The van der Waals surface area contributed by atoms with Crippen molar-refractivity contribution in [1.29, 1.82) is 0 Å². The summed E-state index contributed by atoms with van der Waals surface area (Å²) < 4.78 is 48.8. The van der Waals surface area contributed by atoms with Gasteiger partial charge in [-0.1, -0.05) is 12.1 Å². The topological polar surface area (TPSA) is 18.5 Å². The Morgan fingerprint density at radius 2 is 2.05 bits per heavy atom. The number of hydrogen-bond donors (Lipinski definition) is 0. The van der Waals surface area contributed by atoms with Crippen LogP contribution in [0.25, 0.3) is 0 Å². The SMILES string of the molecule is Cc1cc([B-](F)(F)F)ccc1OCC1CCCCO1.[K+]. The maximum Gasteiger partial charge on any atom is 1.00 e. The summed E-state index contributed by atoms with van der Waals surface area (Å²) in [5.74, 6) is 0.498. The predicted molar refractivity (Wildman–Crippen MR) is 69.0 cm³/mol. The smallest absolute Gasteiger partial charge is 0.491 e. The standard InChI is InChI=1S/C13H17BF3O2.K/c1-10-8-11(14(15,16)17)5-6-13(10)19-9-12-4-2-3-7-18-12;/h5-6,8,12H,2-4,7,9H2,1H3;/q-1;+1. The minimum absolute atomic E-state index is 0. The molecule has 2 rings (SSSR count). The van der Waals surface area contributed by atoms with Crippen LogP contribution in [0, 0.1) is 6.92 Å². The summed E-state index contributed by atoms with van der Waals surface area (Å²) >= 11 is 0. The van der Waals surface area contributed by atoms with Crippen LogP contribution < -0.4 is 61.6 Å². The van der Waals surface area contributed by atoms with Gasteiger partial charge in [0.2, 0.25) is 0 Å². The molecule has 1 aromatic rings. The Hall–Kier alpha value is 0.471. The number of halogens is 3. The average Bonchev–Trinajstić information content (AvgIpc) is 2.37. The third kappa shape index (κ3) is 5.35. The molecular formula is C13H17BF3KO2. The van der Waals surface area contributed by atoms with E-state index >= 15 is 0 Å². The zero-order chi connectivity index (χ0) is 13.9. The van der Waals surface area contributed by atoms with Crippen LogP contribution >= 0.6 is 0 Å². The molecule has 2 nitrogen and oxygen atoms in total. The zero-order valence-corrected chi connectivity index (χ0v) is 15.0. The van der Waals surface area contributed by atoms with Gasteiger partial charge in [0.05, 0.1) is 6.10 Å². The van der Waals surface area contributed by atoms with E-state index in [1.807, 2.05) is 0 Å². The Kier molecular flexibility index (Phi) is 7.59. The first-order valence-electron chi connectivity index (χ1n) is 6.52. The molecule has 0 bridgehead atoms. The van der Waals surface area contributed by atoms with Crippen molar-refractivity contribution in [2.24, 2.45) is 0 Å². The van der Waals surface area contributed by atoms with Gasteiger partial charge in [0.1, 0.15) is 12.4 Å². The minimum Gasteiger partial charge on any atom is -0.491 e. The fraction of sp³-hybridized carbons (Fsp3) is 0.538. The van der Waals surface area contributed by atoms with E-state index in [4.69, 9.17) is 9.47 Å². The molecule has 0 aromatic heterocycles. The molecule has 7 heteroatoms. The summed E-state index contributed by atoms with van der Waals surface area (Å²) in [7, 11) is 0. The van der Waals surface area contributed by atoms with Gasteiger partial charge in [-0.3, -0.25) is 0 Å². The molecule has 0 aliphatic carbocycles. The fourth-order valence-electron chi connectivity index (χ4n) is 2.16. The van der Waals surface area contributed by atoms with Gasteiger partial charge in [0, 0.05) is 6.61 Å². The summed E-state index contributed by atoms with van der Waals surface area (Å²) in [5, 5.41) is 0. The number of ether oxygens (including phenoxy) is 2. The maximum atomic E-state index is 12.6. The quantitative estimate of drug-likeness (QED) is 0.729. The number of hydrogen-bond acceptors (Lipinski definition) is 2. The van der Waals surface area contributed by atoms with E-state index < -0.39 is 12.4 Å². The second-order valence-corrected chi connectivity index (χ2v) is 4.90. The Bertz CT molecular complexity index is 434. The molecular weight excluding hydrogens is 295 g/mol. The molecule has 0 spiro atoms. The van der Waals surface area contributed by atoms with Gasteiger partial charge in [-0.15, -0.1) is 5.46 Å². The zero-order valence-electron chi connectivity index (χ0n) is 11.9. The number of rotatable bonds is 4. The minimum atomic E-state index is -4.95. The van der Waals surface area contributed by atoms with E-state index in [-0.39, 0.29) is 57.5 Å². The van der Waals surface area contributed by atoms with Gasteiger partial charge in [-0.05, 0) is 37.8 Å². The van der Waals surface area contributed by atoms with Crippen molar-refractivity contribution >= 4 is 12.4 Å². The van der Waals surface area contributed by atoms with Gasteiger partial charge >= 0.3 is 58.4 Å². The van der Waals surface area contributed by atoms with Crippen molar-refractivity contribution in [3.63, 3.8) is 0 Å². The summed E-state index contributed by atoms with van der Waals surface area (Å²) in [6, 6.07) is 3.60. The number of aryl methyl sites for hydroxylation is 1. The summed E-state index contributed by atoms with van der Waals surface area (Å²) in [5.41, 5.74) is -0.0775. The van der Waals surface area contributed by atoms with Crippen LogP contribution in [0.4, 0.5) is 12.9 Å². The summed E-state index contributed by atoms with van der Waals surface area (Å²) in [6.07, 6.45) is 3.18. The van der Waals surface area contributed by atoms with Crippen LogP contribution in [-0.2, 0) is 4.74 Å². The first-order valence-corrected chi connectivity index (χ1v) is 6.52. The van der Waals surface area contributed by atoms with Crippen molar-refractivity contribution in [2.75, 3.05) is 13.2 Å². The normalized spacial score (nSPS) is 19.3. The van der Waals surface area contributed by atoms with E-state index in [9.17, 15) is 12.9 Å². The van der Waals surface area contributed by atoms with Crippen LogP contribution in [0.15, 0.2) is 18.2 Å². The summed E-state index contributed by atoms with van der Waals surface area (Å²) in [4.78, 5) is 0. The first kappa shape index (κ1) is 18.5. The molecule has 1 saturated heterocycles. The van der Waals surface area contributed by atoms with E-state index in [2.05, 4.69) is 0 Å². The van der Waals surface area contributed by atoms with E-state index in [0.29, 0.717) is 17.9 Å². The van der Waals surface area contributed by atoms with Gasteiger partial charge in [0.25, 0.3) is 0 Å². The first-order chi connectivity index (χ1) is 8.97. The van der Waals surface area contributed by atoms with Crippen LogP contribution in [0.5, 0.6) is 5.75 Å². The second kappa shape index (κ2) is 8.20. The Morgan fingerprint density at radius 3 is 2.60 bits per heavy atom.